The normalized spacial score (nSPS) is 16.3. The van der Waals surface area contributed by atoms with Gasteiger partial charge in [0.05, 0.1) is 17.2 Å². The van der Waals surface area contributed by atoms with Crippen molar-refractivity contribution in [2.45, 2.75) is 38.7 Å². The lowest BCUT2D eigenvalue weighted by Crippen LogP contribution is -2.57. The molecule has 2 amide bonds. The van der Waals surface area contributed by atoms with Gasteiger partial charge in [0.2, 0.25) is 5.91 Å². The summed E-state index contributed by atoms with van der Waals surface area (Å²) in [6.45, 7) is 3.86. The molecule has 1 unspecified atom stereocenters. The summed E-state index contributed by atoms with van der Waals surface area (Å²) in [5, 5.41) is 0. The second-order valence-electron chi connectivity index (χ2n) is 9.97. The van der Waals surface area contributed by atoms with Crippen molar-refractivity contribution >= 4 is 17.9 Å². The van der Waals surface area contributed by atoms with Crippen LogP contribution in [0.2, 0.25) is 0 Å². The van der Waals surface area contributed by atoms with Crippen LogP contribution in [-0.4, -0.2) is 52.3 Å². The molecule has 1 aromatic heterocycles. The Morgan fingerprint density at radius 3 is 2.20 bits per heavy atom. The molecule has 0 bridgehead atoms. The van der Waals surface area contributed by atoms with Crippen LogP contribution < -0.4 is 0 Å². The highest BCUT2D eigenvalue weighted by atomic mass is 19.4. The quantitative estimate of drug-likeness (QED) is 0.264. The Balaban J connectivity index is 1.66. The van der Waals surface area contributed by atoms with Gasteiger partial charge in [-0.2, -0.15) is 26.3 Å². The molecule has 1 aliphatic rings. The Kier molecular flexibility index (Phi) is 8.55. The summed E-state index contributed by atoms with van der Waals surface area (Å²) in [7, 11) is 0. The first-order valence-corrected chi connectivity index (χ1v) is 12.8. The van der Waals surface area contributed by atoms with Gasteiger partial charge in [-0.3, -0.25) is 14.6 Å². The van der Waals surface area contributed by atoms with E-state index in [1.165, 1.54) is 15.9 Å². The van der Waals surface area contributed by atoms with Crippen LogP contribution in [-0.2, 0) is 23.6 Å². The molecule has 11 heteroatoms. The van der Waals surface area contributed by atoms with Crippen LogP contribution >= 0.6 is 0 Å². The van der Waals surface area contributed by atoms with E-state index in [0.717, 1.165) is 16.7 Å². The molecule has 1 aliphatic heterocycles. The van der Waals surface area contributed by atoms with E-state index in [0.29, 0.717) is 17.7 Å². The zero-order chi connectivity index (χ0) is 29.9. The zero-order valence-electron chi connectivity index (χ0n) is 22.3. The van der Waals surface area contributed by atoms with E-state index in [1.54, 1.807) is 30.6 Å². The predicted molar refractivity (Wildman–Crippen MR) is 141 cm³/mol. The van der Waals surface area contributed by atoms with Crippen LogP contribution in [0.25, 0.3) is 6.08 Å². The number of carbonyl (C=O) groups is 2. The molecule has 5 nitrogen and oxygen atoms in total. The van der Waals surface area contributed by atoms with Crippen LogP contribution in [0.5, 0.6) is 0 Å². The Bertz CT molecular complexity index is 1420. The van der Waals surface area contributed by atoms with E-state index in [1.807, 2.05) is 32.0 Å². The summed E-state index contributed by atoms with van der Waals surface area (Å²) < 4.78 is 80.8. The van der Waals surface area contributed by atoms with Crippen LogP contribution in [0.4, 0.5) is 26.3 Å². The molecule has 1 fully saturated rings. The predicted octanol–water partition coefficient (Wildman–Crippen LogP) is 6.35. The van der Waals surface area contributed by atoms with Gasteiger partial charge in [0.1, 0.15) is 0 Å². The first kappa shape index (κ1) is 29.8. The number of piperazine rings is 1. The number of halogens is 6. The van der Waals surface area contributed by atoms with E-state index in [2.05, 4.69) is 4.98 Å². The highest BCUT2D eigenvalue weighted by molar-refractivity contribution is 5.96. The molecule has 2 heterocycles. The summed E-state index contributed by atoms with van der Waals surface area (Å²) in [4.78, 5) is 33.3. The van der Waals surface area contributed by atoms with Gasteiger partial charge in [0.25, 0.3) is 5.91 Å². The number of nitrogens with zero attached hydrogens (tertiary/aromatic N) is 3. The molecule has 0 aliphatic carbocycles. The lowest BCUT2D eigenvalue weighted by atomic mass is 9.97. The molecular formula is C30H27F6N3O2. The summed E-state index contributed by atoms with van der Waals surface area (Å²) in [6, 6.07) is 9.31. The van der Waals surface area contributed by atoms with Gasteiger partial charge in [0, 0.05) is 43.7 Å². The molecule has 4 rings (SSSR count). The largest absolute Gasteiger partial charge is 0.416 e. The van der Waals surface area contributed by atoms with Crippen LogP contribution in [0, 0.1) is 13.8 Å². The Morgan fingerprint density at radius 1 is 0.927 bits per heavy atom. The van der Waals surface area contributed by atoms with Gasteiger partial charge < -0.3 is 9.80 Å². The van der Waals surface area contributed by atoms with Crippen molar-refractivity contribution in [1.29, 1.82) is 0 Å². The van der Waals surface area contributed by atoms with Gasteiger partial charge in [-0.1, -0.05) is 24.3 Å². The van der Waals surface area contributed by atoms with E-state index < -0.39 is 41.0 Å². The third-order valence-electron chi connectivity index (χ3n) is 7.04. The Hall–Kier alpha value is -4.15. The van der Waals surface area contributed by atoms with E-state index in [-0.39, 0.29) is 38.0 Å². The molecule has 1 saturated heterocycles. The Morgan fingerprint density at radius 2 is 1.61 bits per heavy atom. The number of hydrogen-bond acceptors (Lipinski definition) is 3. The maximum Gasteiger partial charge on any atom is 0.416 e. The molecule has 216 valence electrons. The number of rotatable bonds is 5. The lowest BCUT2D eigenvalue weighted by molar-refractivity contribution is -0.143. The van der Waals surface area contributed by atoms with Gasteiger partial charge in [-0.05, 0) is 72.9 Å². The first-order valence-electron chi connectivity index (χ1n) is 12.8. The number of hydrogen-bond donors (Lipinski definition) is 0. The summed E-state index contributed by atoms with van der Waals surface area (Å²) in [6.07, 6.45) is -3.80. The summed E-state index contributed by atoms with van der Waals surface area (Å²) >= 11 is 0. The van der Waals surface area contributed by atoms with Crippen LogP contribution in [0.3, 0.4) is 0 Å². The molecule has 1 atom stereocenters. The van der Waals surface area contributed by atoms with E-state index >= 15 is 0 Å². The second kappa shape index (κ2) is 11.8. The molecule has 0 N–H and O–H groups in total. The average molecular weight is 576 g/mol. The minimum absolute atomic E-state index is 0.00542. The lowest BCUT2D eigenvalue weighted by Gasteiger charge is -2.41. The minimum Gasteiger partial charge on any atom is -0.335 e. The number of alkyl halides is 6. The maximum atomic E-state index is 13.5. The van der Waals surface area contributed by atoms with Crippen molar-refractivity contribution in [3.63, 3.8) is 0 Å². The van der Waals surface area contributed by atoms with Gasteiger partial charge >= 0.3 is 12.4 Å². The summed E-state index contributed by atoms with van der Waals surface area (Å²) in [5.41, 5.74) is -0.301. The van der Waals surface area contributed by atoms with Gasteiger partial charge in [0.15, 0.2) is 0 Å². The van der Waals surface area contributed by atoms with Crippen LogP contribution in [0.15, 0.2) is 67.0 Å². The molecule has 41 heavy (non-hydrogen) atoms. The molecule has 3 aromatic rings. The molecular weight excluding hydrogens is 548 g/mol. The fraction of sp³-hybridized carbons (Fsp3) is 0.300. The van der Waals surface area contributed by atoms with Gasteiger partial charge in [-0.15, -0.1) is 0 Å². The number of aryl methyl sites for hydroxylation is 2. The highest BCUT2D eigenvalue weighted by Crippen LogP contribution is 2.37. The average Bonchev–Trinajstić information content (AvgIpc) is 2.92. The SMILES string of the molecule is Cc1ccc(CC2CN(C(=O)/C=C/c3cccnc3)CCN2C(=O)c2cc(C(F)(F)F)cc(C(F)(F)F)c2)cc1C. The zero-order valence-corrected chi connectivity index (χ0v) is 22.3. The third kappa shape index (κ3) is 7.33. The molecule has 0 saturated carbocycles. The van der Waals surface area contributed by atoms with Crippen molar-refractivity contribution in [2.75, 3.05) is 19.6 Å². The smallest absolute Gasteiger partial charge is 0.335 e. The van der Waals surface area contributed by atoms with E-state index in [9.17, 15) is 35.9 Å². The van der Waals surface area contributed by atoms with Crippen LogP contribution in [0.1, 0.15) is 43.7 Å². The summed E-state index contributed by atoms with van der Waals surface area (Å²) in [5.74, 6) is -1.31. The number of aromatic nitrogens is 1. The number of carbonyl (C=O) groups excluding carboxylic acids is 2. The fourth-order valence-electron chi connectivity index (χ4n) is 4.69. The number of benzene rings is 2. The standard InChI is InChI=1S/C30H27F6N3O2/c1-19-5-6-22(12-20(19)2)13-26-18-38(27(40)8-7-21-4-3-9-37-17-21)10-11-39(26)28(41)23-14-24(29(31,32)33)16-25(15-23)30(34,35)36/h3-9,12,14-17,26H,10-11,13,18H2,1-2H3/b8-7+. The van der Waals surface area contributed by atoms with Crippen molar-refractivity contribution < 1.29 is 35.9 Å². The Labute approximate surface area is 233 Å². The minimum atomic E-state index is -5.08. The number of amides is 2. The second-order valence-corrected chi connectivity index (χ2v) is 9.97. The van der Waals surface area contributed by atoms with E-state index in [4.69, 9.17) is 0 Å². The monoisotopic (exact) mass is 575 g/mol. The highest BCUT2D eigenvalue weighted by Gasteiger charge is 2.39. The van der Waals surface area contributed by atoms with Crippen molar-refractivity contribution in [3.8, 4) is 0 Å². The topological polar surface area (TPSA) is 53.5 Å². The maximum absolute atomic E-state index is 13.5. The van der Waals surface area contributed by atoms with Gasteiger partial charge in [-0.25, -0.2) is 0 Å². The number of pyridine rings is 1. The molecule has 0 spiro atoms. The first-order chi connectivity index (χ1) is 19.2. The third-order valence-corrected chi connectivity index (χ3v) is 7.04. The van der Waals surface area contributed by atoms with Crippen molar-refractivity contribution in [3.05, 3.63) is 106 Å². The van der Waals surface area contributed by atoms with Crippen molar-refractivity contribution in [2.24, 2.45) is 0 Å². The fourth-order valence-corrected chi connectivity index (χ4v) is 4.69. The molecule has 0 radical (unpaired) electrons. The van der Waals surface area contributed by atoms with Crippen molar-refractivity contribution in [1.82, 2.24) is 14.8 Å². The molecule has 2 aromatic carbocycles.